The predicted molar refractivity (Wildman–Crippen MR) is 128 cm³/mol. The second-order valence-corrected chi connectivity index (χ2v) is 8.41. The molecule has 1 aromatic heterocycles. The van der Waals surface area contributed by atoms with Crippen LogP contribution in [0, 0.1) is 6.92 Å². The van der Waals surface area contributed by atoms with Crippen LogP contribution < -0.4 is 10.6 Å². The van der Waals surface area contributed by atoms with E-state index in [1.165, 1.54) is 17.4 Å². The summed E-state index contributed by atoms with van der Waals surface area (Å²) in [5.41, 5.74) is 3.23. The number of furan rings is 1. The van der Waals surface area contributed by atoms with Gasteiger partial charge in [0.05, 0.1) is 6.26 Å². The first-order chi connectivity index (χ1) is 16.1. The van der Waals surface area contributed by atoms with Gasteiger partial charge in [-0.25, -0.2) is 0 Å². The largest absolute Gasteiger partial charge is 0.465 e. The molecule has 2 heterocycles. The molecule has 1 fully saturated rings. The number of carbonyl (C=O) groups is 2. The van der Waals surface area contributed by atoms with Gasteiger partial charge in [0.1, 0.15) is 11.5 Å². The van der Waals surface area contributed by atoms with Gasteiger partial charge in [0, 0.05) is 37.3 Å². The van der Waals surface area contributed by atoms with Crippen molar-refractivity contribution < 1.29 is 14.0 Å². The van der Waals surface area contributed by atoms with Gasteiger partial charge >= 0.3 is 0 Å². The highest BCUT2D eigenvalue weighted by Gasteiger charge is 2.23. The third kappa shape index (κ3) is 6.43. The fraction of sp³-hybridized carbons (Fsp3) is 0.259. The summed E-state index contributed by atoms with van der Waals surface area (Å²) in [6.45, 7) is 4.84. The minimum atomic E-state index is -0.337. The maximum absolute atomic E-state index is 13.1. The van der Waals surface area contributed by atoms with Crippen LogP contribution in [0.1, 0.15) is 40.1 Å². The van der Waals surface area contributed by atoms with Crippen molar-refractivity contribution in [1.82, 2.24) is 15.5 Å². The molecule has 170 valence electrons. The topological polar surface area (TPSA) is 74.6 Å². The van der Waals surface area contributed by atoms with E-state index in [-0.39, 0.29) is 23.6 Å². The summed E-state index contributed by atoms with van der Waals surface area (Å²) in [5.74, 6) is -0.147. The van der Waals surface area contributed by atoms with Gasteiger partial charge < -0.3 is 15.1 Å². The van der Waals surface area contributed by atoms with Gasteiger partial charge in [-0.2, -0.15) is 0 Å². The molecule has 0 unspecified atom stereocenters. The molecule has 2 amide bonds. The van der Waals surface area contributed by atoms with Crippen molar-refractivity contribution in [2.75, 3.05) is 13.1 Å². The Labute approximate surface area is 194 Å². The molecule has 6 heteroatoms. The van der Waals surface area contributed by atoms with E-state index in [0.29, 0.717) is 11.3 Å². The molecule has 1 saturated heterocycles. The van der Waals surface area contributed by atoms with E-state index >= 15 is 0 Å². The number of likely N-dealkylation sites (tertiary alicyclic amines) is 1. The molecular formula is C27H29N3O3. The Kier molecular flexibility index (Phi) is 7.37. The lowest BCUT2D eigenvalue weighted by Gasteiger charge is -2.32. The molecule has 4 rings (SSSR count). The first kappa shape index (κ1) is 22.6. The van der Waals surface area contributed by atoms with E-state index < -0.39 is 0 Å². The third-order valence-electron chi connectivity index (χ3n) is 5.77. The molecule has 0 atom stereocenters. The smallest absolute Gasteiger partial charge is 0.268 e. The molecule has 0 saturated carbocycles. The Morgan fingerprint density at radius 2 is 1.82 bits per heavy atom. The normalized spacial score (nSPS) is 15.2. The lowest BCUT2D eigenvalue weighted by molar-refractivity contribution is -0.118. The summed E-state index contributed by atoms with van der Waals surface area (Å²) in [4.78, 5) is 28.1. The van der Waals surface area contributed by atoms with Gasteiger partial charge in [0.2, 0.25) is 0 Å². The molecule has 1 aliphatic heterocycles. The quantitative estimate of drug-likeness (QED) is 0.538. The number of hydrogen-bond acceptors (Lipinski definition) is 4. The van der Waals surface area contributed by atoms with Crippen LogP contribution >= 0.6 is 0 Å². The zero-order valence-corrected chi connectivity index (χ0v) is 18.8. The van der Waals surface area contributed by atoms with Gasteiger partial charge in [-0.3, -0.25) is 14.5 Å². The van der Waals surface area contributed by atoms with Crippen molar-refractivity contribution in [2.24, 2.45) is 0 Å². The first-order valence-electron chi connectivity index (χ1n) is 11.3. The highest BCUT2D eigenvalue weighted by molar-refractivity contribution is 6.05. The molecule has 3 aromatic rings. The second-order valence-electron chi connectivity index (χ2n) is 8.41. The van der Waals surface area contributed by atoms with Crippen LogP contribution in [-0.4, -0.2) is 35.8 Å². The monoisotopic (exact) mass is 443 g/mol. The van der Waals surface area contributed by atoms with E-state index in [1.807, 2.05) is 6.07 Å². The van der Waals surface area contributed by atoms with Crippen LogP contribution in [0.2, 0.25) is 0 Å². The van der Waals surface area contributed by atoms with E-state index in [9.17, 15) is 9.59 Å². The number of hydrogen-bond donors (Lipinski definition) is 2. The molecule has 6 nitrogen and oxygen atoms in total. The fourth-order valence-electron chi connectivity index (χ4n) is 4.03. The Morgan fingerprint density at radius 3 is 2.52 bits per heavy atom. The average molecular weight is 444 g/mol. The summed E-state index contributed by atoms with van der Waals surface area (Å²) in [7, 11) is 0. The van der Waals surface area contributed by atoms with Crippen molar-refractivity contribution in [1.29, 1.82) is 0 Å². The number of piperidine rings is 1. The van der Waals surface area contributed by atoms with Crippen molar-refractivity contribution in [2.45, 2.75) is 32.4 Å². The zero-order valence-electron chi connectivity index (χ0n) is 18.8. The zero-order chi connectivity index (χ0) is 23.0. The van der Waals surface area contributed by atoms with Gasteiger partial charge in [-0.1, -0.05) is 48.0 Å². The summed E-state index contributed by atoms with van der Waals surface area (Å²) < 4.78 is 5.36. The van der Waals surface area contributed by atoms with Crippen LogP contribution in [0.25, 0.3) is 6.08 Å². The molecule has 0 radical (unpaired) electrons. The number of amides is 2. The molecular weight excluding hydrogens is 414 g/mol. The van der Waals surface area contributed by atoms with Crippen LogP contribution in [0.5, 0.6) is 0 Å². The number of benzene rings is 2. The van der Waals surface area contributed by atoms with Crippen LogP contribution in [0.3, 0.4) is 0 Å². The van der Waals surface area contributed by atoms with Crippen LogP contribution in [-0.2, 0) is 11.3 Å². The molecule has 0 bridgehead atoms. The molecule has 0 aliphatic carbocycles. The predicted octanol–water partition coefficient (Wildman–Crippen LogP) is 4.14. The van der Waals surface area contributed by atoms with E-state index in [0.717, 1.165) is 32.5 Å². The summed E-state index contributed by atoms with van der Waals surface area (Å²) >= 11 is 0. The summed E-state index contributed by atoms with van der Waals surface area (Å²) in [6.07, 6.45) is 4.81. The maximum atomic E-state index is 13.1. The second kappa shape index (κ2) is 10.8. The van der Waals surface area contributed by atoms with Crippen molar-refractivity contribution >= 4 is 17.9 Å². The Morgan fingerprint density at radius 1 is 1.03 bits per heavy atom. The highest BCUT2D eigenvalue weighted by Crippen LogP contribution is 2.16. The molecule has 0 spiro atoms. The number of nitrogens with one attached hydrogen (secondary N) is 2. The average Bonchev–Trinajstić information content (AvgIpc) is 3.34. The fourth-order valence-corrected chi connectivity index (χ4v) is 4.03. The SMILES string of the molecule is Cc1cccc(CN2CCC(NC(=O)/C(=C/c3ccco3)NC(=O)c3ccccc3)CC2)c1. The van der Waals surface area contributed by atoms with Gasteiger partial charge in [0.25, 0.3) is 11.8 Å². The van der Waals surface area contributed by atoms with Crippen molar-refractivity contribution in [3.05, 3.63) is 101 Å². The Hall–Kier alpha value is -3.64. The number of nitrogens with zero attached hydrogens (tertiary/aromatic N) is 1. The number of rotatable bonds is 7. The van der Waals surface area contributed by atoms with E-state index in [4.69, 9.17) is 4.42 Å². The van der Waals surface area contributed by atoms with Crippen molar-refractivity contribution in [3.8, 4) is 0 Å². The summed E-state index contributed by atoms with van der Waals surface area (Å²) in [6, 6.07) is 20.9. The molecule has 33 heavy (non-hydrogen) atoms. The number of aryl methyl sites for hydroxylation is 1. The lowest BCUT2D eigenvalue weighted by atomic mass is 10.0. The first-order valence-corrected chi connectivity index (χ1v) is 11.3. The van der Waals surface area contributed by atoms with Gasteiger partial charge in [0.15, 0.2) is 0 Å². The third-order valence-corrected chi connectivity index (χ3v) is 5.77. The lowest BCUT2D eigenvalue weighted by Crippen LogP contribution is -2.46. The summed E-state index contributed by atoms with van der Waals surface area (Å²) in [5, 5.41) is 5.84. The molecule has 1 aliphatic rings. The molecule has 2 N–H and O–H groups in total. The van der Waals surface area contributed by atoms with Gasteiger partial charge in [-0.15, -0.1) is 0 Å². The Balaban J connectivity index is 1.36. The minimum Gasteiger partial charge on any atom is -0.465 e. The van der Waals surface area contributed by atoms with Crippen molar-refractivity contribution in [3.63, 3.8) is 0 Å². The minimum absolute atomic E-state index is 0.0555. The van der Waals surface area contributed by atoms with Gasteiger partial charge in [-0.05, 0) is 49.6 Å². The van der Waals surface area contributed by atoms with E-state index in [2.05, 4.69) is 46.7 Å². The maximum Gasteiger partial charge on any atom is 0.268 e. The van der Waals surface area contributed by atoms with Crippen LogP contribution in [0.15, 0.2) is 83.1 Å². The standard InChI is InChI=1S/C27H29N3O3/c1-20-7-5-8-21(17-20)19-30-14-12-23(13-15-30)28-27(32)25(18-24-11-6-16-33-24)29-26(31)22-9-3-2-4-10-22/h2-11,16-18,23H,12-15,19H2,1H3,(H,28,32)(H,29,31)/b25-18-. The Bertz CT molecular complexity index is 1100. The highest BCUT2D eigenvalue weighted by atomic mass is 16.3. The van der Waals surface area contributed by atoms with Crippen LogP contribution in [0.4, 0.5) is 0 Å². The van der Waals surface area contributed by atoms with E-state index in [1.54, 1.807) is 42.5 Å². The number of carbonyl (C=O) groups excluding carboxylic acids is 2. The molecule has 2 aromatic carbocycles.